The van der Waals surface area contributed by atoms with Gasteiger partial charge >= 0.3 is 11.7 Å². The fourth-order valence-electron chi connectivity index (χ4n) is 1.55. The summed E-state index contributed by atoms with van der Waals surface area (Å²) in [6, 6.07) is 3.08. The van der Waals surface area contributed by atoms with Crippen LogP contribution in [0.3, 0.4) is 0 Å². The molecule has 0 atom stereocenters. The Balaban J connectivity index is 2.71. The summed E-state index contributed by atoms with van der Waals surface area (Å²) in [6.07, 6.45) is 0. The number of carbonyl (C=O) groups excluding carboxylic acids is 1. The predicted octanol–water partition coefficient (Wildman–Crippen LogP) is 1.31. The highest BCUT2D eigenvalue weighted by molar-refractivity contribution is 5.98. The minimum absolute atomic E-state index is 0.218. The van der Waals surface area contributed by atoms with E-state index in [2.05, 4.69) is 9.72 Å². The highest BCUT2D eigenvalue weighted by Crippen LogP contribution is 2.28. The number of fused-ring (bicyclic) bond motifs is 1. The average Bonchev–Trinajstić information content (AvgIpc) is 2.69. The molecule has 1 N–H and O–H groups in total. The molecule has 0 unspecified atom stereocenters. The quantitative estimate of drug-likeness (QED) is 0.814. The van der Waals surface area contributed by atoms with E-state index in [1.807, 2.05) is 0 Å². The van der Waals surface area contributed by atoms with Crippen molar-refractivity contribution in [3.8, 4) is 5.75 Å². The van der Waals surface area contributed by atoms with Crippen LogP contribution in [0.2, 0.25) is 0 Å². The summed E-state index contributed by atoms with van der Waals surface area (Å²) in [5.74, 6) is -0.919. The number of rotatable bonds is 3. The Labute approximate surface area is 96.1 Å². The van der Waals surface area contributed by atoms with Crippen LogP contribution in [0.1, 0.15) is 17.3 Å². The molecule has 0 fully saturated rings. The lowest BCUT2D eigenvalue weighted by Gasteiger charge is -2.08. The van der Waals surface area contributed by atoms with Crippen LogP contribution in [0, 0.1) is 0 Å². The Morgan fingerprint density at radius 1 is 1.47 bits per heavy atom. The first kappa shape index (κ1) is 11.3. The number of aromatic amines is 1. The van der Waals surface area contributed by atoms with E-state index in [0.717, 1.165) is 0 Å². The third-order valence-electron chi connectivity index (χ3n) is 2.24. The van der Waals surface area contributed by atoms with Crippen LogP contribution in [-0.2, 0) is 4.74 Å². The lowest BCUT2D eigenvalue weighted by Crippen LogP contribution is -2.05. The maximum Gasteiger partial charge on any atom is 0.417 e. The molecule has 90 valence electrons. The molecule has 0 amide bonds. The summed E-state index contributed by atoms with van der Waals surface area (Å²) in [7, 11) is 1.27. The summed E-state index contributed by atoms with van der Waals surface area (Å²) in [4.78, 5) is 25.1. The Morgan fingerprint density at radius 3 is 2.88 bits per heavy atom. The number of oxazole rings is 1. The number of methoxy groups -OCH3 is 1. The molecule has 6 nitrogen and oxygen atoms in total. The van der Waals surface area contributed by atoms with Crippen molar-refractivity contribution < 1.29 is 18.7 Å². The lowest BCUT2D eigenvalue weighted by atomic mass is 10.2. The third-order valence-corrected chi connectivity index (χ3v) is 2.24. The zero-order valence-corrected chi connectivity index (χ0v) is 9.40. The maximum absolute atomic E-state index is 11.5. The minimum Gasteiger partial charge on any atom is -0.489 e. The van der Waals surface area contributed by atoms with Crippen LogP contribution < -0.4 is 10.5 Å². The smallest absolute Gasteiger partial charge is 0.417 e. The molecule has 0 aliphatic heterocycles. The van der Waals surface area contributed by atoms with E-state index in [1.54, 1.807) is 13.0 Å². The van der Waals surface area contributed by atoms with Crippen LogP contribution >= 0.6 is 0 Å². The second kappa shape index (κ2) is 4.32. The van der Waals surface area contributed by atoms with Gasteiger partial charge in [0.25, 0.3) is 0 Å². The van der Waals surface area contributed by atoms with Crippen molar-refractivity contribution in [3.63, 3.8) is 0 Å². The van der Waals surface area contributed by atoms with E-state index >= 15 is 0 Å². The van der Waals surface area contributed by atoms with Crippen molar-refractivity contribution in [1.82, 2.24) is 4.98 Å². The maximum atomic E-state index is 11.5. The van der Waals surface area contributed by atoms with Gasteiger partial charge in [0, 0.05) is 0 Å². The fraction of sp³-hybridized carbons (Fsp3) is 0.273. The molecule has 0 spiro atoms. The van der Waals surface area contributed by atoms with Gasteiger partial charge in [-0.05, 0) is 19.1 Å². The minimum atomic E-state index is -0.594. The molecule has 1 heterocycles. The predicted molar refractivity (Wildman–Crippen MR) is 59.3 cm³/mol. The van der Waals surface area contributed by atoms with E-state index < -0.39 is 11.7 Å². The lowest BCUT2D eigenvalue weighted by molar-refractivity contribution is 0.0596. The van der Waals surface area contributed by atoms with E-state index in [4.69, 9.17) is 9.15 Å². The zero-order valence-electron chi connectivity index (χ0n) is 9.40. The first-order valence-electron chi connectivity index (χ1n) is 5.04. The topological polar surface area (TPSA) is 81.5 Å². The average molecular weight is 237 g/mol. The summed E-state index contributed by atoms with van der Waals surface area (Å²) >= 11 is 0. The molecule has 1 aromatic heterocycles. The second-order valence-corrected chi connectivity index (χ2v) is 3.26. The first-order valence-corrected chi connectivity index (χ1v) is 5.04. The van der Waals surface area contributed by atoms with Gasteiger partial charge in [-0.1, -0.05) is 0 Å². The molecule has 1 aromatic carbocycles. The molecule has 2 rings (SSSR count). The number of hydrogen-bond donors (Lipinski definition) is 1. The molecule has 17 heavy (non-hydrogen) atoms. The van der Waals surface area contributed by atoms with Crippen LogP contribution in [-0.4, -0.2) is 24.7 Å². The standard InChI is InChI=1S/C11H11NO5/c1-3-16-8-6(10(13)15-2)4-5-7-9(8)17-11(14)12-7/h4-5H,3H2,1-2H3,(H,12,14). The van der Waals surface area contributed by atoms with Crippen molar-refractivity contribution >= 4 is 17.1 Å². The van der Waals surface area contributed by atoms with Gasteiger partial charge in [0.15, 0.2) is 11.3 Å². The van der Waals surface area contributed by atoms with Gasteiger partial charge in [-0.25, -0.2) is 9.59 Å². The van der Waals surface area contributed by atoms with Crippen molar-refractivity contribution in [2.24, 2.45) is 0 Å². The van der Waals surface area contributed by atoms with Crippen LogP contribution in [0.5, 0.6) is 5.75 Å². The Kier molecular flexibility index (Phi) is 2.86. The van der Waals surface area contributed by atoms with Crippen LogP contribution in [0.25, 0.3) is 11.1 Å². The van der Waals surface area contributed by atoms with Gasteiger partial charge in [-0.2, -0.15) is 0 Å². The summed E-state index contributed by atoms with van der Waals surface area (Å²) in [6.45, 7) is 2.11. The van der Waals surface area contributed by atoms with E-state index in [-0.39, 0.29) is 16.9 Å². The molecule has 0 saturated carbocycles. The number of ether oxygens (including phenoxy) is 2. The van der Waals surface area contributed by atoms with Crippen LogP contribution in [0.4, 0.5) is 0 Å². The molecule has 0 bridgehead atoms. The largest absolute Gasteiger partial charge is 0.489 e. The monoisotopic (exact) mass is 237 g/mol. The van der Waals surface area contributed by atoms with Crippen LogP contribution in [0.15, 0.2) is 21.3 Å². The summed E-state index contributed by atoms with van der Waals surface area (Å²) in [5.41, 5.74) is 0.926. The van der Waals surface area contributed by atoms with Gasteiger partial charge < -0.3 is 13.9 Å². The third kappa shape index (κ3) is 1.89. The number of carbonyl (C=O) groups is 1. The highest BCUT2D eigenvalue weighted by Gasteiger charge is 2.19. The number of aromatic nitrogens is 1. The molecular weight excluding hydrogens is 226 g/mol. The number of nitrogens with one attached hydrogen (secondary N) is 1. The van der Waals surface area contributed by atoms with Crippen molar-refractivity contribution in [1.29, 1.82) is 0 Å². The SMILES string of the molecule is CCOc1c(C(=O)OC)ccc2[nH]c(=O)oc12. The molecule has 0 aliphatic rings. The molecule has 0 aliphatic carbocycles. The van der Waals surface area contributed by atoms with Crippen molar-refractivity contribution in [3.05, 3.63) is 28.2 Å². The number of H-pyrrole nitrogens is 1. The Morgan fingerprint density at radius 2 is 2.24 bits per heavy atom. The second-order valence-electron chi connectivity index (χ2n) is 3.26. The molecule has 0 saturated heterocycles. The normalized spacial score (nSPS) is 10.5. The van der Waals surface area contributed by atoms with E-state index in [9.17, 15) is 9.59 Å². The summed E-state index contributed by atoms with van der Waals surface area (Å²) < 4.78 is 14.9. The number of esters is 1. The molecule has 6 heteroatoms. The highest BCUT2D eigenvalue weighted by atomic mass is 16.5. The number of hydrogen-bond acceptors (Lipinski definition) is 5. The van der Waals surface area contributed by atoms with Crippen molar-refractivity contribution in [2.45, 2.75) is 6.92 Å². The fourth-order valence-corrected chi connectivity index (χ4v) is 1.55. The first-order chi connectivity index (χ1) is 8.17. The van der Waals surface area contributed by atoms with Gasteiger partial charge in [0.1, 0.15) is 5.56 Å². The Hall–Kier alpha value is -2.24. The van der Waals surface area contributed by atoms with Gasteiger partial charge in [-0.15, -0.1) is 0 Å². The van der Waals surface area contributed by atoms with E-state index in [1.165, 1.54) is 13.2 Å². The van der Waals surface area contributed by atoms with E-state index in [0.29, 0.717) is 12.1 Å². The zero-order chi connectivity index (χ0) is 12.4. The van der Waals surface area contributed by atoms with Gasteiger partial charge in [0.2, 0.25) is 0 Å². The molecule has 2 aromatic rings. The molecular formula is C11H11NO5. The Bertz CT molecular complexity index is 610. The molecule has 0 radical (unpaired) electrons. The van der Waals surface area contributed by atoms with Crippen molar-refractivity contribution in [2.75, 3.05) is 13.7 Å². The van der Waals surface area contributed by atoms with Gasteiger partial charge in [-0.3, -0.25) is 4.98 Å². The van der Waals surface area contributed by atoms with Gasteiger partial charge in [0.05, 0.1) is 19.2 Å². The number of benzene rings is 1. The summed E-state index contributed by atoms with van der Waals surface area (Å²) in [5, 5.41) is 0.